The molecule has 1 unspecified atom stereocenters. The van der Waals surface area contributed by atoms with Crippen molar-refractivity contribution in [3.8, 4) is 0 Å². The van der Waals surface area contributed by atoms with E-state index in [0.717, 1.165) is 16.9 Å². The van der Waals surface area contributed by atoms with Gasteiger partial charge in [-0.15, -0.1) is 11.3 Å². The third kappa shape index (κ3) is 3.22. The van der Waals surface area contributed by atoms with Crippen molar-refractivity contribution in [3.05, 3.63) is 21.3 Å². The van der Waals surface area contributed by atoms with Gasteiger partial charge in [-0.3, -0.25) is 4.90 Å². The lowest BCUT2D eigenvalue weighted by atomic mass is 10.2. The van der Waals surface area contributed by atoms with Crippen LogP contribution in [0, 0.1) is 0 Å². The van der Waals surface area contributed by atoms with Gasteiger partial charge < -0.3 is 5.32 Å². The second-order valence-electron chi connectivity index (χ2n) is 5.16. The fourth-order valence-electron chi connectivity index (χ4n) is 2.61. The van der Waals surface area contributed by atoms with Gasteiger partial charge in [0.05, 0.1) is 4.34 Å². The van der Waals surface area contributed by atoms with Crippen molar-refractivity contribution in [2.45, 2.75) is 44.3 Å². The van der Waals surface area contributed by atoms with Gasteiger partial charge in [-0.25, -0.2) is 0 Å². The van der Waals surface area contributed by atoms with Gasteiger partial charge in [-0.1, -0.05) is 11.6 Å². The summed E-state index contributed by atoms with van der Waals surface area (Å²) >= 11 is 7.72. The zero-order valence-corrected chi connectivity index (χ0v) is 11.6. The quantitative estimate of drug-likeness (QED) is 0.884. The summed E-state index contributed by atoms with van der Waals surface area (Å²) in [5, 5.41) is 3.60. The van der Waals surface area contributed by atoms with E-state index in [1.165, 1.54) is 43.6 Å². The highest BCUT2D eigenvalue weighted by Crippen LogP contribution is 2.31. The third-order valence-electron chi connectivity index (χ3n) is 3.67. The van der Waals surface area contributed by atoms with E-state index in [9.17, 15) is 0 Å². The number of hydrogen-bond donors (Lipinski definition) is 1. The van der Waals surface area contributed by atoms with Crippen molar-refractivity contribution in [2.24, 2.45) is 0 Å². The summed E-state index contributed by atoms with van der Waals surface area (Å²) in [6, 6.07) is 5.73. The Labute approximate surface area is 112 Å². The highest BCUT2D eigenvalue weighted by Gasteiger charge is 2.31. The Morgan fingerprint density at radius 2 is 2.24 bits per heavy atom. The first kappa shape index (κ1) is 12.0. The predicted molar refractivity (Wildman–Crippen MR) is 73.8 cm³/mol. The minimum Gasteiger partial charge on any atom is -0.313 e. The number of thiophene rings is 1. The molecule has 1 aliphatic carbocycles. The molecule has 17 heavy (non-hydrogen) atoms. The molecule has 4 heteroatoms. The van der Waals surface area contributed by atoms with Gasteiger partial charge in [-0.2, -0.15) is 0 Å². The Morgan fingerprint density at radius 1 is 1.35 bits per heavy atom. The van der Waals surface area contributed by atoms with E-state index in [1.54, 1.807) is 11.3 Å². The highest BCUT2D eigenvalue weighted by atomic mass is 35.5. The fraction of sp³-hybridized carbons (Fsp3) is 0.692. The average molecular weight is 271 g/mol. The summed E-state index contributed by atoms with van der Waals surface area (Å²) in [6.07, 6.45) is 5.44. The Kier molecular flexibility index (Phi) is 3.71. The molecule has 0 spiro atoms. The van der Waals surface area contributed by atoms with Crippen LogP contribution in [0.5, 0.6) is 0 Å². The van der Waals surface area contributed by atoms with Gasteiger partial charge in [0.1, 0.15) is 0 Å². The maximum atomic E-state index is 6.00. The lowest BCUT2D eigenvalue weighted by Gasteiger charge is -2.24. The smallest absolute Gasteiger partial charge is 0.0931 e. The Hall–Kier alpha value is -0.0900. The topological polar surface area (TPSA) is 15.3 Å². The molecular weight excluding hydrogens is 252 g/mol. The van der Waals surface area contributed by atoms with E-state index in [4.69, 9.17) is 11.6 Å². The molecule has 0 aromatic carbocycles. The lowest BCUT2D eigenvalue weighted by molar-refractivity contribution is 0.233. The molecule has 1 atom stereocenters. The maximum Gasteiger partial charge on any atom is 0.0931 e. The highest BCUT2D eigenvalue weighted by molar-refractivity contribution is 7.16. The largest absolute Gasteiger partial charge is 0.313 e. The van der Waals surface area contributed by atoms with Crippen molar-refractivity contribution in [3.63, 3.8) is 0 Å². The molecule has 1 saturated heterocycles. The van der Waals surface area contributed by atoms with E-state index >= 15 is 0 Å². The molecule has 1 saturated carbocycles. The first-order valence-electron chi connectivity index (χ1n) is 6.53. The van der Waals surface area contributed by atoms with Crippen LogP contribution < -0.4 is 5.32 Å². The van der Waals surface area contributed by atoms with Gasteiger partial charge >= 0.3 is 0 Å². The molecule has 0 bridgehead atoms. The van der Waals surface area contributed by atoms with Gasteiger partial charge in [0.15, 0.2) is 0 Å². The van der Waals surface area contributed by atoms with Crippen molar-refractivity contribution in [1.82, 2.24) is 10.2 Å². The third-order valence-corrected chi connectivity index (χ3v) is 4.88. The van der Waals surface area contributed by atoms with Crippen molar-refractivity contribution in [1.29, 1.82) is 0 Å². The number of hydrogen-bond acceptors (Lipinski definition) is 3. The van der Waals surface area contributed by atoms with E-state index in [1.807, 2.05) is 6.07 Å². The molecule has 2 nitrogen and oxygen atoms in total. The Balaban J connectivity index is 1.59. The first-order chi connectivity index (χ1) is 8.31. The van der Waals surface area contributed by atoms with Crippen molar-refractivity contribution < 1.29 is 0 Å². The maximum absolute atomic E-state index is 6.00. The number of halogens is 1. The van der Waals surface area contributed by atoms with Crippen LogP contribution in [0.4, 0.5) is 0 Å². The first-order valence-corrected chi connectivity index (χ1v) is 7.72. The van der Waals surface area contributed by atoms with Crippen molar-refractivity contribution >= 4 is 22.9 Å². The SMILES string of the molecule is Clc1ccc(CN(CC2CCCN2)C2CC2)s1. The number of rotatable bonds is 5. The van der Waals surface area contributed by atoms with Gasteiger partial charge in [-0.05, 0) is 44.4 Å². The Bertz CT molecular complexity index is 369. The normalized spacial score (nSPS) is 24.7. The summed E-state index contributed by atoms with van der Waals surface area (Å²) < 4.78 is 0.912. The molecular formula is C13H19ClN2S. The zero-order valence-electron chi connectivity index (χ0n) is 9.99. The molecule has 1 aromatic rings. The summed E-state index contributed by atoms with van der Waals surface area (Å²) in [5.41, 5.74) is 0. The monoisotopic (exact) mass is 270 g/mol. The molecule has 1 N–H and O–H groups in total. The minimum absolute atomic E-state index is 0.714. The van der Waals surface area contributed by atoms with Crippen LogP contribution in [0.25, 0.3) is 0 Å². The fourth-order valence-corrected chi connectivity index (χ4v) is 3.73. The van der Waals surface area contributed by atoms with Crippen LogP contribution in [0.15, 0.2) is 12.1 Å². The van der Waals surface area contributed by atoms with E-state index in [-0.39, 0.29) is 0 Å². The average Bonchev–Trinajstić information content (AvgIpc) is 2.89. The van der Waals surface area contributed by atoms with Gasteiger partial charge in [0.2, 0.25) is 0 Å². The molecule has 1 aliphatic heterocycles. The second-order valence-corrected chi connectivity index (χ2v) is 6.96. The molecule has 3 rings (SSSR count). The summed E-state index contributed by atoms with van der Waals surface area (Å²) in [6.45, 7) is 3.49. The number of nitrogens with one attached hydrogen (secondary N) is 1. The predicted octanol–water partition coefficient (Wildman–Crippen LogP) is 3.12. The van der Waals surface area contributed by atoms with Crippen LogP contribution in [0.3, 0.4) is 0 Å². The second kappa shape index (κ2) is 5.27. The molecule has 1 aromatic heterocycles. The minimum atomic E-state index is 0.714. The van der Waals surface area contributed by atoms with Crippen LogP contribution in [0.2, 0.25) is 4.34 Å². The molecule has 2 heterocycles. The summed E-state index contributed by atoms with van der Waals surface area (Å²) in [7, 11) is 0. The van der Waals surface area contributed by atoms with E-state index < -0.39 is 0 Å². The molecule has 2 aliphatic rings. The van der Waals surface area contributed by atoms with E-state index in [2.05, 4.69) is 16.3 Å². The van der Waals surface area contributed by atoms with Crippen molar-refractivity contribution in [2.75, 3.05) is 13.1 Å². The van der Waals surface area contributed by atoms with Gasteiger partial charge in [0, 0.05) is 30.1 Å². The standard InChI is InChI=1S/C13H19ClN2S/c14-13-6-5-12(17-13)9-16(11-3-4-11)8-10-2-1-7-15-10/h5-6,10-11,15H,1-4,7-9H2. The summed E-state index contributed by atoms with van der Waals surface area (Å²) in [4.78, 5) is 4.05. The lowest BCUT2D eigenvalue weighted by Crippen LogP contribution is -2.38. The van der Waals surface area contributed by atoms with Crippen LogP contribution in [-0.2, 0) is 6.54 Å². The van der Waals surface area contributed by atoms with E-state index in [0.29, 0.717) is 6.04 Å². The Morgan fingerprint density at radius 3 is 2.82 bits per heavy atom. The zero-order chi connectivity index (χ0) is 11.7. The molecule has 0 radical (unpaired) electrons. The molecule has 0 amide bonds. The van der Waals surface area contributed by atoms with Crippen LogP contribution >= 0.6 is 22.9 Å². The number of nitrogens with zero attached hydrogens (tertiary/aromatic N) is 1. The molecule has 2 fully saturated rings. The van der Waals surface area contributed by atoms with Crippen LogP contribution in [-0.4, -0.2) is 30.1 Å². The summed E-state index contributed by atoms with van der Waals surface area (Å²) in [5.74, 6) is 0. The van der Waals surface area contributed by atoms with Gasteiger partial charge in [0.25, 0.3) is 0 Å². The molecule has 94 valence electrons. The van der Waals surface area contributed by atoms with Crippen LogP contribution in [0.1, 0.15) is 30.6 Å².